The molecular formula is C50H33NO. The lowest BCUT2D eigenvalue weighted by molar-refractivity contribution is 0.670. The van der Waals surface area contributed by atoms with Gasteiger partial charge in [-0.2, -0.15) is 0 Å². The van der Waals surface area contributed by atoms with Crippen molar-refractivity contribution in [2.24, 2.45) is 0 Å². The molecule has 0 N–H and O–H groups in total. The molecule has 0 aliphatic carbocycles. The van der Waals surface area contributed by atoms with Crippen LogP contribution in [0, 0.1) is 0 Å². The molecule has 0 unspecified atom stereocenters. The average Bonchev–Trinajstić information content (AvgIpc) is 3.62. The van der Waals surface area contributed by atoms with Crippen LogP contribution in [0.5, 0.6) is 0 Å². The lowest BCUT2D eigenvalue weighted by Crippen LogP contribution is -2.11. The average molecular weight is 664 g/mol. The molecule has 0 spiro atoms. The van der Waals surface area contributed by atoms with Gasteiger partial charge in [-0.15, -0.1) is 0 Å². The van der Waals surface area contributed by atoms with Crippen molar-refractivity contribution < 1.29 is 4.42 Å². The number of rotatable bonds is 6. The van der Waals surface area contributed by atoms with E-state index in [0.29, 0.717) is 0 Å². The minimum Gasteiger partial charge on any atom is -0.455 e. The van der Waals surface area contributed by atoms with Gasteiger partial charge in [-0.05, 0) is 91.8 Å². The highest BCUT2D eigenvalue weighted by atomic mass is 16.3. The molecule has 10 rings (SSSR count). The quantitative estimate of drug-likeness (QED) is 0.165. The fourth-order valence-electron chi connectivity index (χ4n) is 7.80. The van der Waals surface area contributed by atoms with Gasteiger partial charge in [0, 0.05) is 22.3 Å². The van der Waals surface area contributed by atoms with Gasteiger partial charge in [-0.3, -0.25) is 0 Å². The summed E-state index contributed by atoms with van der Waals surface area (Å²) in [6.07, 6.45) is 0. The minimum atomic E-state index is 0.871. The molecule has 1 aromatic heterocycles. The highest BCUT2D eigenvalue weighted by Gasteiger charge is 2.23. The van der Waals surface area contributed by atoms with Crippen LogP contribution in [0.25, 0.3) is 76.9 Å². The van der Waals surface area contributed by atoms with Crippen molar-refractivity contribution in [1.82, 2.24) is 0 Å². The third-order valence-electron chi connectivity index (χ3n) is 10.2. The number of benzene rings is 9. The van der Waals surface area contributed by atoms with Crippen LogP contribution in [-0.4, -0.2) is 0 Å². The molecule has 0 saturated carbocycles. The molecule has 0 aliphatic heterocycles. The van der Waals surface area contributed by atoms with Crippen LogP contribution in [-0.2, 0) is 0 Å². The van der Waals surface area contributed by atoms with Gasteiger partial charge in [0.25, 0.3) is 0 Å². The topological polar surface area (TPSA) is 16.4 Å². The van der Waals surface area contributed by atoms with Gasteiger partial charge in [-0.1, -0.05) is 158 Å². The first-order valence-electron chi connectivity index (χ1n) is 17.8. The van der Waals surface area contributed by atoms with Crippen LogP contribution in [0.4, 0.5) is 17.1 Å². The van der Waals surface area contributed by atoms with E-state index in [1.807, 2.05) is 6.07 Å². The van der Waals surface area contributed by atoms with Crippen molar-refractivity contribution in [3.05, 3.63) is 200 Å². The first-order valence-corrected chi connectivity index (χ1v) is 17.8. The summed E-state index contributed by atoms with van der Waals surface area (Å²) in [7, 11) is 0. The van der Waals surface area contributed by atoms with E-state index >= 15 is 0 Å². The largest absolute Gasteiger partial charge is 0.455 e. The minimum absolute atomic E-state index is 0.871. The molecule has 244 valence electrons. The fourth-order valence-corrected chi connectivity index (χ4v) is 7.80. The monoisotopic (exact) mass is 663 g/mol. The molecule has 0 bridgehead atoms. The van der Waals surface area contributed by atoms with E-state index in [1.165, 1.54) is 43.8 Å². The smallest absolute Gasteiger partial charge is 0.145 e. The first kappa shape index (κ1) is 30.0. The van der Waals surface area contributed by atoms with Crippen molar-refractivity contribution in [2.45, 2.75) is 0 Å². The van der Waals surface area contributed by atoms with Crippen LogP contribution in [0.2, 0.25) is 0 Å². The highest BCUT2D eigenvalue weighted by Crippen LogP contribution is 2.48. The number of para-hydroxylation sites is 1. The lowest BCUT2D eigenvalue weighted by Gasteiger charge is -2.28. The van der Waals surface area contributed by atoms with Gasteiger partial charge in [0.1, 0.15) is 11.2 Å². The summed E-state index contributed by atoms with van der Waals surface area (Å²) in [5.74, 6) is 0. The van der Waals surface area contributed by atoms with Crippen molar-refractivity contribution in [2.75, 3.05) is 4.90 Å². The second-order valence-electron chi connectivity index (χ2n) is 13.3. The molecule has 0 radical (unpaired) electrons. The SMILES string of the molecule is c1ccc(-c2ccc(N(c3ccc4ccc5ccccc5c4c3)c3ccc(-c4ccccc4)c4oc5ccccc5c34)cc2-c2ccccc2)cc1. The van der Waals surface area contributed by atoms with Crippen LogP contribution in [0.15, 0.2) is 205 Å². The summed E-state index contributed by atoms with van der Waals surface area (Å²) >= 11 is 0. The molecule has 1 heterocycles. The summed E-state index contributed by atoms with van der Waals surface area (Å²) < 4.78 is 6.77. The van der Waals surface area contributed by atoms with Gasteiger partial charge in [-0.25, -0.2) is 0 Å². The van der Waals surface area contributed by atoms with Gasteiger partial charge < -0.3 is 9.32 Å². The molecule has 0 atom stereocenters. The Bertz CT molecular complexity index is 2890. The zero-order chi connectivity index (χ0) is 34.4. The molecule has 2 heteroatoms. The van der Waals surface area contributed by atoms with E-state index in [2.05, 4.69) is 199 Å². The lowest BCUT2D eigenvalue weighted by atomic mass is 9.93. The molecule has 0 fully saturated rings. The second-order valence-corrected chi connectivity index (χ2v) is 13.3. The highest BCUT2D eigenvalue weighted by molar-refractivity contribution is 6.17. The Kier molecular flexibility index (Phi) is 7.18. The number of hydrogen-bond donors (Lipinski definition) is 0. The van der Waals surface area contributed by atoms with Crippen molar-refractivity contribution in [3.8, 4) is 33.4 Å². The van der Waals surface area contributed by atoms with Gasteiger partial charge in [0.2, 0.25) is 0 Å². The third-order valence-corrected chi connectivity index (χ3v) is 10.2. The van der Waals surface area contributed by atoms with Crippen LogP contribution < -0.4 is 4.90 Å². The number of hydrogen-bond acceptors (Lipinski definition) is 2. The maximum Gasteiger partial charge on any atom is 0.145 e. The Labute approximate surface area is 302 Å². The molecule has 0 aliphatic rings. The number of nitrogens with zero attached hydrogens (tertiary/aromatic N) is 1. The summed E-state index contributed by atoms with van der Waals surface area (Å²) in [6.45, 7) is 0. The second kappa shape index (κ2) is 12.5. The van der Waals surface area contributed by atoms with Crippen molar-refractivity contribution in [1.29, 1.82) is 0 Å². The first-order chi connectivity index (χ1) is 25.8. The Morgan fingerprint density at radius 1 is 0.346 bits per heavy atom. The molecule has 9 aromatic carbocycles. The molecule has 0 amide bonds. The molecule has 10 aromatic rings. The fraction of sp³-hybridized carbons (Fsp3) is 0. The van der Waals surface area contributed by atoms with Gasteiger partial charge in [0.05, 0.1) is 11.1 Å². The van der Waals surface area contributed by atoms with Crippen LogP contribution in [0.1, 0.15) is 0 Å². The number of fused-ring (bicyclic) bond motifs is 6. The maximum absolute atomic E-state index is 6.77. The van der Waals surface area contributed by atoms with E-state index in [4.69, 9.17) is 4.42 Å². The van der Waals surface area contributed by atoms with Crippen molar-refractivity contribution in [3.63, 3.8) is 0 Å². The number of furan rings is 1. The van der Waals surface area contributed by atoms with Gasteiger partial charge in [0.15, 0.2) is 0 Å². The maximum atomic E-state index is 6.77. The van der Waals surface area contributed by atoms with E-state index < -0.39 is 0 Å². The summed E-state index contributed by atoms with van der Waals surface area (Å²) in [6, 6.07) is 71.7. The van der Waals surface area contributed by atoms with E-state index in [9.17, 15) is 0 Å². The molecule has 52 heavy (non-hydrogen) atoms. The molecule has 2 nitrogen and oxygen atoms in total. The summed E-state index contributed by atoms with van der Waals surface area (Å²) in [5.41, 5.74) is 11.9. The normalized spacial score (nSPS) is 11.5. The summed E-state index contributed by atoms with van der Waals surface area (Å²) in [4.78, 5) is 2.42. The van der Waals surface area contributed by atoms with Crippen LogP contribution >= 0.6 is 0 Å². The van der Waals surface area contributed by atoms with Gasteiger partial charge >= 0.3 is 0 Å². The van der Waals surface area contributed by atoms with E-state index in [0.717, 1.165) is 50.1 Å². The zero-order valence-corrected chi connectivity index (χ0v) is 28.4. The Balaban J connectivity index is 1.29. The third kappa shape index (κ3) is 5.04. The predicted molar refractivity (Wildman–Crippen MR) is 220 cm³/mol. The zero-order valence-electron chi connectivity index (χ0n) is 28.4. The van der Waals surface area contributed by atoms with E-state index in [-0.39, 0.29) is 0 Å². The Morgan fingerprint density at radius 3 is 1.60 bits per heavy atom. The Morgan fingerprint density at radius 2 is 0.865 bits per heavy atom. The number of anilines is 3. The van der Waals surface area contributed by atoms with E-state index in [1.54, 1.807) is 0 Å². The summed E-state index contributed by atoms with van der Waals surface area (Å²) in [5, 5.41) is 7.08. The molecule has 0 saturated heterocycles. The Hall–Kier alpha value is -6.90. The van der Waals surface area contributed by atoms with Crippen LogP contribution in [0.3, 0.4) is 0 Å². The predicted octanol–water partition coefficient (Wildman–Crippen LogP) is 14.4. The standard InChI is InChI=1S/C50H33NO/c1-4-14-34(15-5-1)42-29-28-40(33-45(42)36-18-8-3-9-19-36)51(39-27-26-38-25-24-37-20-10-11-21-41(37)46(38)32-39)47-31-30-43(35-16-6-2-7-17-35)50-49(47)44-22-12-13-23-48(44)52-50/h1-33H. The van der Waals surface area contributed by atoms with Crippen molar-refractivity contribution >= 4 is 60.5 Å². The molecular weight excluding hydrogens is 631 g/mol.